The third-order valence-corrected chi connectivity index (χ3v) is 5.42. The van der Waals surface area contributed by atoms with Crippen molar-refractivity contribution in [2.24, 2.45) is 7.05 Å². The third kappa shape index (κ3) is 8.77. The van der Waals surface area contributed by atoms with Crippen molar-refractivity contribution in [1.29, 1.82) is 0 Å². The molecule has 1 aromatic carbocycles. The molecule has 194 valence electrons. The van der Waals surface area contributed by atoms with E-state index >= 15 is 0 Å². The topological polar surface area (TPSA) is 122 Å². The molecule has 35 heavy (non-hydrogen) atoms. The molecule has 0 unspecified atom stereocenters. The Morgan fingerprint density at radius 3 is 2.34 bits per heavy atom. The maximum absolute atomic E-state index is 12.3. The minimum Gasteiger partial charge on any atom is -0.493 e. The predicted molar refractivity (Wildman–Crippen MR) is 132 cm³/mol. The molecular weight excluding hydrogens is 454 g/mol. The lowest BCUT2D eigenvalue weighted by Crippen LogP contribution is -2.40. The number of carbonyl (C=O) groups is 1. The molecule has 0 saturated heterocycles. The van der Waals surface area contributed by atoms with Crippen molar-refractivity contribution in [3.8, 4) is 17.4 Å². The number of aliphatic carboxylic acids is 1. The number of aromatic nitrogens is 3. The van der Waals surface area contributed by atoms with Crippen LogP contribution in [-0.4, -0.2) is 44.2 Å². The Labute approximate surface area is 205 Å². The van der Waals surface area contributed by atoms with E-state index in [0.29, 0.717) is 37.5 Å². The minimum absolute atomic E-state index is 0.0764. The second kappa shape index (κ2) is 13.6. The first-order valence-corrected chi connectivity index (χ1v) is 12.1. The van der Waals surface area contributed by atoms with Crippen molar-refractivity contribution < 1.29 is 24.1 Å². The number of nitrogens with zero attached hydrogens (tertiary/aromatic N) is 3. The van der Waals surface area contributed by atoms with E-state index in [-0.39, 0.29) is 12.5 Å². The van der Waals surface area contributed by atoms with Gasteiger partial charge >= 0.3 is 17.2 Å². The molecule has 0 atom stereocenters. The largest absolute Gasteiger partial charge is 0.493 e. The molecule has 1 N–H and O–H groups in total. The van der Waals surface area contributed by atoms with E-state index in [1.165, 1.54) is 25.6 Å². The Kier molecular flexibility index (Phi) is 10.8. The van der Waals surface area contributed by atoms with Crippen molar-refractivity contribution in [3.05, 3.63) is 45.1 Å². The molecule has 0 radical (unpaired) electrons. The quantitative estimate of drug-likeness (QED) is 0.355. The fourth-order valence-corrected chi connectivity index (χ4v) is 3.23. The van der Waals surface area contributed by atoms with E-state index in [4.69, 9.17) is 14.2 Å². The van der Waals surface area contributed by atoms with Crippen LogP contribution >= 0.6 is 0 Å². The number of aryl methyl sites for hydroxylation is 1. The van der Waals surface area contributed by atoms with Crippen LogP contribution in [0.2, 0.25) is 0 Å². The number of carboxylic acid groups (broad SMARTS) is 1. The maximum Gasteiger partial charge on any atom is 0.347 e. The number of ether oxygens (including phenoxy) is 3. The van der Waals surface area contributed by atoms with Crippen LogP contribution in [0.15, 0.2) is 33.9 Å². The zero-order chi connectivity index (χ0) is 25.8. The molecule has 0 aliphatic heterocycles. The highest BCUT2D eigenvalue weighted by Crippen LogP contribution is 2.24. The normalized spacial score (nSPS) is 11.3. The average Bonchev–Trinajstić information content (AvgIpc) is 2.81. The lowest BCUT2D eigenvalue weighted by molar-refractivity contribution is -0.152. The summed E-state index contributed by atoms with van der Waals surface area (Å²) in [6.45, 7) is 6.21. The van der Waals surface area contributed by atoms with Gasteiger partial charge in [0.05, 0.1) is 13.2 Å². The SMILES string of the molecule is CCCCCCCn1nc(OCCCCOc2cccc(OC(C)(C)C(=O)O)c2)c(=O)n(C)c1=O. The van der Waals surface area contributed by atoms with Crippen LogP contribution < -0.4 is 25.5 Å². The first-order chi connectivity index (χ1) is 16.7. The molecular formula is C25H37N3O7. The van der Waals surface area contributed by atoms with Crippen molar-refractivity contribution in [3.63, 3.8) is 0 Å². The van der Waals surface area contributed by atoms with E-state index in [0.717, 1.165) is 36.7 Å². The molecule has 0 amide bonds. The predicted octanol–water partition coefficient (Wildman–Crippen LogP) is 3.39. The summed E-state index contributed by atoms with van der Waals surface area (Å²) >= 11 is 0. The molecule has 2 rings (SSSR count). The van der Waals surface area contributed by atoms with Crippen molar-refractivity contribution in [2.45, 2.75) is 77.9 Å². The fourth-order valence-electron chi connectivity index (χ4n) is 3.23. The zero-order valence-corrected chi connectivity index (χ0v) is 21.1. The van der Waals surface area contributed by atoms with E-state index in [9.17, 15) is 19.5 Å². The molecule has 1 heterocycles. The Morgan fingerprint density at radius 2 is 1.66 bits per heavy atom. The Hall–Kier alpha value is -3.30. The van der Waals surface area contributed by atoms with Gasteiger partial charge in [0, 0.05) is 19.7 Å². The first kappa shape index (κ1) is 27.9. The molecule has 10 heteroatoms. The van der Waals surface area contributed by atoms with E-state index in [1.807, 2.05) is 0 Å². The van der Waals surface area contributed by atoms with Crippen LogP contribution in [0, 0.1) is 0 Å². The second-order valence-electron chi connectivity index (χ2n) is 8.89. The first-order valence-electron chi connectivity index (χ1n) is 12.1. The number of hydrogen-bond acceptors (Lipinski definition) is 7. The van der Waals surface area contributed by atoms with Gasteiger partial charge in [-0.1, -0.05) is 38.7 Å². The highest BCUT2D eigenvalue weighted by Gasteiger charge is 2.29. The van der Waals surface area contributed by atoms with Gasteiger partial charge in [-0.2, -0.15) is 0 Å². The minimum atomic E-state index is -1.35. The lowest BCUT2D eigenvalue weighted by atomic mass is 10.1. The third-order valence-electron chi connectivity index (χ3n) is 5.42. The summed E-state index contributed by atoms with van der Waals surface area (Å²) in [5, 5.41) is 13.3. The summed E-state index contributed by atoms with van der Waals surface area (Å²) in [5.74, 6) is -0.171. The van der Waals surface area contributed by atoms with Gasteiger partial charge in [0.1, 0.15) is 11.5 Å². The Bertz CT molecular complexity index is 1080. The van der Waals surface area contributed by atoms with Crippen LogP contribution in [0.25, 0.3) is 0 Å². The van der Waals surface area contributed by atoms with Crippen molar-refractivity contribution in [1.82, 2.24) is 14.3 Å². The number of carboxylic acids is 1. The number of unbranched alkanes of at least 4 members (excludes halogenated alkanes) is 5. The average molecular weight is 492 g/mol. The van der Waals surface area contributed by atoms with Crippen LogP contribution in [0.5, 0.6) is 17.4 Å². The summed E-state index contributed by atoms with van der Waals surface area (Å²) in [6.07, 6.45) is 6.52. The number of benzene rings is 1. The molecule has 1 aromatic heterocycles. The molecule has 10 nitrogen and oxygen atoms in total. The van der Waals surface area contributed by atoms with Gasteiger partial charge in [-0.25, -0.2) is 14.3 Å². The summed E-state index contributed by atoms with van der Waals surface area (Å²) in [6, 6.07) is 6.80. The molecule has 0 aliphatic carbocycles. The summed E-state index contributed by atoms with van der Waals surface area (Å²) in [5.41, 5.74) is -2.34. The second-order valence-corrected chi connectivity index (χ2v) is 8.89. The van der Waals surface area contributed by atoms with Crippen LogP contribution in [0.3, 0.4) is 0 Å². The van der Waals surface area contributed by atoms with Gasteiger partial charge in [-0.05, 0) is 45.2 Å². The summed E-state index contributed by atoms with van der Waals surface area (Å²) in [4.78, 5) is 35.9. The monoisotopic (exact) mass is 491 g/mol. The fraction of sp³-hybridized carbons (Fsp3) is 0.600. The summed E-state index contributed by atoms with van der Waals surface area (Å²) in [7, 11) is 1.43. The van der Waals surface area contributed by atoms with Crippen LogP contribution in [-0.2, 0) is 18.4 Å². The Morgan fingerprint density at radius 1 is 1.00 bits per heavy atom. The highest BCUT2D eigenvalue weighted by molar-refractivity contribution is 5.76. The standard InChI is InChI=1S/C25H37N3O7/c1-5-6-7-8-9-15-28-24(32)27(4)22(29)21(26-28)34-17-11-10-16-33-19-13-12-14-20(18-19)35-25(2,3)23(30)31/h12-14,18H,5-11,15-17H2,1-4H3,(H,30,31). The molecule has 0 bridgehead atoms. The van der Waals surface area contributed by atoms with Crippen LogP contribution in [0.4, 0.5) is 0 Å². The van der Waals surface area contributed by atoms with Gasteiger partial charge < -0.3 is 19.3 Å². The zero-order valence-electron chi connectivity index (χ0n) is 21.1. The van der Waals surface area contributed by atoms with Gasteiger partial charge in [0.25, 0.3) is 5.88 Å². The maximum atomic E-state index is 12.3. The van der Waals surface area contributed by atoms with Crippen molar-refractivity contribution >= 4 is 5.97 Å². The van der Waals surface area contributed by atoms with Gasteiger partial charge in [0.2, 0.25) is 0 Å². The van der Waals surface area contributed by atoms with Gasteiger partial charge in [-0.15, -0.1) is 5.10 Å². The molecule has 0 saturated carbocycles. The smallest absolute Gasteiger partial charge is 0.347 e. The molecule has 0 aliphatic rings. The van der Waals surface area contributed by atoms with Crippen LogP contribution in [0.1, 0.15) is 65.7 Å². The van der Waals surface area contributed by atoms with Gasteiger partial charge in [0.15, 0.2) is 5.60 Å². The molecule has 0 fully saturated rings. The lowest BCUT2D eigenvalue weighted by Gasteiger charge is -2.21. The van der Waals surface area contributed by atoms with E-state index in [2.05, 4.69) is 12.0 Å². The number of rotatable bonds is 16. The molecule has 2 aromatic rings. The van der Waals surface area contributed by atoms with Gasteiger partial charge in [-0.3, -0.25) is 9.36 Å². The highest BCUT2D eigenvalue weighted by atomic mass is 16.5. The summed E-state index contributed by atoms with van der Waals surface area (Å²) < 4.78 is 19.1. The Balaban J connectivity index is 1.81. The van der Waals surface area contributed by atoms with Crippen molar-refractivity contribution in [2.75, 3.05) is 13.2 Å². The number of hydrogen-bond donors (Lipinski definition) is 1. The molecule has 0 spiro atoms. The van der Waals surface area contributed by atoms with E-state index in [1.54, 1.807) is 24.3 Å². The van der Waals surface area contributed by atoms with E-state index < -0.39 is 22.8 Å².